The van der Waals surface area contributed by atoms with Crippen LogP contribution in [0.25, 0.3) is 21.8 Å². The van der Waals surface area contributed by atoms with E-state index >= 15 is 0 Å². The van der Waals surface area contributed by atoms with Crippen molar-refractivity contribution in [2.75, 3.05) is 11.5 Å². The molecule has 0 spiro atoms. The molecule has 0 aliphatic heterocycles. The van der Waals surface area contributed by atoms with E-state index in [4.69, 9.17) is 11.5 Å². The van der Waals surface area contributed by atoms with E-state index in [1.807, 2.05) is 6.07 Å². The molecule has 5 nitrogen and oxygen atoms in total. The van der Waals surface area contributed by atoms with E-state index in [-0.39, 0.29) is 5.95 Å². The Morgan fingerprint density at radius 1 is 1.15 bits per heavy atom. The summed E-state index contributed by atoms with van der Waals surface area (Å²) in [6.07, 6.45) is 3.25. The van der Waals surface area contributed by atoms with E-state index in [0.29, 0.717) is 11.7 Å². The lowest BCUT2D eigenvalue weighted by atomic mass is 10.1. The van der Waals surface area contributed by atoms with Gasteiger partial charge in [-0.15, -0.1) is 0 Å². The molecule has 3 aromatic rings. The first-order chi connectivity index (χ1) is 9.56. The molecule has 0 radical (unpaired) electrons. The second-order valence-electron chi connectivity index (χ2n) is 5.55. The number of nitrogens with zero attached hydrogens (tertiary/aromatic N) is 3. The fourth-order valence-electron chi connectivity index (χ4n) is 2.54. The molecule has 104 valence electrons. The summed E-state index contributed by atoms with van der Waals surface area (Å²) < 4.78 is 2.25. The van der Waals surface area contributed by atoms with Gasteiger partial charge in [0.2, 0.25) is 5.95 Å². The van der Waals surface area contributed by atoms with Crippen LogP contribution >= 0.6 is 0 Å². The van der Waals surface area contributed by atoms with E-state index in [1.165, 1.54) is 5.52 Å². The van der Waals surface area contributed by atoms with Crippen LogP contribution < -0.4 is 11.5 Å². The average molecular weight is 269 g/mol. The molecule has 0 aliphatic carbocycles. The molecule has 2 heterocycles. The maximum Gasteiger partial charge on any atom is 0.222 e. The van der Waals surface area contributed by atoms with Crippen LogP contribution in [-0.4, -0.2) is 14.5 Å². The maximum absolute atomic E-state index is 6.01. The van der Waals surface area contributed by atoms with Crippen molar-refractivity contribution in [1.29, 1.82) is 0 Å². The molecule has 0 bridgehead atoms. The highest BCUT2D eigenvalue weighted by Gasteiger charge is 2.10. The molecule has 0 unspecified atom stereocenters. The molecule has 3 rings (SSSR count). The van der Waals surface area contributed by atoms with Gasteiger partial charge < -0.3 is 16.0 Å². The van der Waals surface area contributed by atoms with Crippen LogP contribution in [0.1, 0.15) is 20.3 Å². The van der Waals surface area contributed by atoms with E-state index in [1.54, 1.807) is 0 Å². The van der Waals surface area contributed by atoms with Crippen LogP contribution in [0, 0.1) is 5.92 Å². The summed E-state index contributed by atoms with van der Waals surface area (Å²) in [4.78, 5) is 8.32. The number of fused-ring (bicyclic) bond motifs is 3. The Morgan fingerprint density at radius 2 is 1.95 bits per heavy atom. The summed E-state index contributed by atoms with van der Waals surface area (Å²) in [7, 11) is 0. The number of nitrogens with two attached hydrogens (primary N) is 2. The van der Waals surface area contributed by atoms with E-state index in [0.717, 1.165) is 29.3 Å². The summed E-state index contributed by atoms with van der Waals surface area (Å²) >= 11 is 0. The van der Waals surface area contributed by atoms with Crippen LogP contribution in [0.3, 0.4) is 0 Å². The monoisotopic (exact) mass is 269 g/mol. The molecule has 0 aliphatic rings. The fraction of sp³-hybridized carbons (Fsp3) is 0.333. The van der Waals surface area contributed by atoms with Gasteiger partial charge in [-0.05, 0) is 30.5 Å². The molecule has 4 N–H and O–H groups in total. The van der Waals surface area contributed by atoms with Gasteiger partial charge in [0.25, 0.3) is 0 Å². The zero-order valence-corrected chi connectivity index (χ0v) is 11.8. The topological polar surface area (TPSA) is 82.8 Å². The SMILES string of the molecule is CC(C)CCn1ccc2c3c(N)nc(N)nc3ccc21. The normalized spacial score (nSPS) is 11.8. The summed E-state index contributed by atoms with van der Waals surface area (Å²) in [6.45, 7) is 5.47. The minimum absolute atomic E-state index is 0.216. The van der Waals surface area contributed by atoms with Crippen LogP contribution in [0.5, 0.6) is 0 Å². The van der Waals surface area contributed by atoms with Crippen molar-refractivity contribution in [3.8, 4) is 0 Å². The molecule has 5 heteroatoms. The van der Waals surface area contributed by atoms with Crippen molar-refractivity contribution in [2.24, 2.45) is 5.92 Å². The predicted octanol–water partition coefficient (Wildman–Crippen LogP) is 2.79. The van der Waals surface area contributed by atoms with Crippen LogP contribution in [-0.2, 0) is 6.54 Å². The van der Waals surface area contributed by atoms with Gasteiger partial charge in [-0.1, -0.05) is 13.8 Å². The van der Waals surface area contributed by atoms with Crippen LogP contribution in [0.4, 0.5) is 11.8 Å². The summed E-state index contributed by atoms with van der Waals surface area (Å²) in [5.41, 5.74) is 13.6. The van der Waals surface area contributed by atoms with Crippen LogP contribution in [0.15, 0.2) is 24.4 Å². The Labute approximate surface area is 117 Å². The Bertz CT molecular complexity index is 773. The molecule has 20 heavy (non-hydrogen) atoms. The minimum atomic E-state index is 0.216. The fourth-order valence-corrected chi connectivity index (χ4v) is 2.54. The van der Waals surface area contributed by atoms with Crippen LogP contribution in [0.2, 0.25) is 0 Å². The van der Waals surface area contributed by atoms with E-state index in [2.05, 4.69) is 46.7 Å². The van der Waals surface area contributed by atoms with Crippen molar-refractivity contribution in [3.05, 3.63) is 24.4 Å². The zero-order valence-electron chi connectivity index (χ0n) is 11.8. The molecule has 2 aromatic heterocycles. The number of aryl methyl sites for hydroxylation is 1. The van der Waals surface area contributed by atoms with Gasteiger partial charge >= 0.3 is 0 Å². The van der Waals surface area contributed by atoms with E-state index < -0.39 is 0 Å². The van der Waals surface area contributed by atoms with Crippen molar-refractivity contribution in [1.82, 2.24) is 14.5 Å². The molecular weight excluding hydrogens is 250 g/mol. The first kappa shape index (κ1) is 12.7. The molecule has 0 fully saturated rings. The second-order valence-corrected chi connectivity index (χ2v) is 5.55. The first-order valence-corrected chi connectivity index (χ1v) is 6.87. The third-order valence-corrected chi connectivity index (χ3v) is 3.60. The molecule has 0 amide bonds. The third-order valence-electron chi connectivity index (χ3n) is 3.60. The molecule has 0 saturated heterocycles. The summed E-state index contributed by atoms with van der Waals surface area (Å²) in [6, 6.07) is 6.11. The second kappa shape index (κ2) is 4.67. The first-order valence-electron chi connectivity index (χ1n) is 6.87. The number of anilines is 2. The lowest BCUT2D eigenvalue weighted by Gasteiger charge is -2.09. The van der Waals surface area contributed by atoms with Gasteiger partial charge in [0.15, 0.2) is 0 Å². The Hall–Kier alpha value is -2.30. The van der Waals surface area contributed by atoms with Crippen molar-refractivity contribution >= 4 is 33.6 Å². The highest BCUT2D eigenvalue weighted by Crippen LogP contribution is 2.29. The van der Waals surface area contributed by atoms with Gasteiger partial charge in [0.05, 0.1) is 10.9 Å². The number of rotatable bonds is 3. The number of aromatic nitrogens is 3. The minimum Gasteiger partial charge on any atom is -0.383 e. The summed E-state index contributed by atoms with van der Waals surface area (Å²) in [5.74, 6) is 1.34. The summed E-state index contributed by atoms with van der Waals surface area (Å²) in [5, 5.41) is 1.98. The Kier molecular flexibility index (Phi) is 2.97. The molecule has 0 saturated carbocycles. The van der Waals surface area contributed by atoms with Gasteiger partial charge in [0.1, 0.15) is 5.82 Å². The maximum atomic E-state index is 6.01. The number of benzene rings is 1. The Morgan fingerprint density at radius 3 is 2.70 bits per heavy atom. The molecule has 0 atom stereocenters. The predicted molar refractivity (Wildman–Crippen MR) is 83.3 cm³/mol. The Balaban J connectivity index is 2.18. The highest BCUT2D eigenvalue weighted by atomic mass is 15.0. The lowest BCUT2D eigenvalue weighted by molar-refractivity contribution is 0.524. The molecular formula is C15H19N5. The largest absolute Gasteiger partial charge is 0.383 e. The quantitative estimate of drug-likeness (QED) is 0.766. The van der Waals surface area contributed by atoms with Gasteiger partial charge in [-0.25, -0.2) is 4.98 Å². The van der Waals surface area contributed by atoms with Crippen molar-refractivity contribution in [3.63, 3.8) is 0 Å². The van der Waals surface area contributed by atoms with Gasteiger partial charge in [-0.3, -0.25) is 0 Å². The van der Waals surface area contributed by atoms with Gasteiger partial charge in [-0.2, -0.15) is 4.98 Å². The highest BCUT2D eigenvalue weighted by molar-refractivity contribution is 6.10. The van der Waals surface area contributed by atoms with Gasteiger partial charge in [0, 0.05) is 23.6 Å². The number of hydrogen-bond donors (Lipinski definition) is 2. The number of nitrogen functional groups attached to an aromatic ring is 2. The molecule has 1 aromatic carbocycles. The lowest BCUT2D eigenvalue weighted by Crippen LogP contribution is -2.02. The average Bonchev–Trinajstić information content (AvgIpc) is 2.78. The van der Waals surface area contributed by atoms with E-state index in [9.17, 15) is 0 Å². The third kappa shape index (κ3) is 2.05. The number of hydrogen-bond acceptors (Lipinski definition) is 4. The van der Waals surface area contributed by atoms with Crippen molar-refractivity contribution in [2.45, 2.75) is 26.8 Å². The zero-order chi connectivity index (χ0) is 14.3. The standard InChI is InChI=1S/C15H19N5/c1-9(2)5-7-20-8-6-10-12(20)4-3-11-13(10)14(16)19-15(17)18-11/h3-4,6,8-9H,5,7H2,1-2H3,(H4,16,17,18,19). The van der Waals surface area contributed by atoms with Crippen molar-refractivity contribution < 1.29 is 0 Å². The smallest absolute Gasteiger partial charge is 0.222 e.